The number of cyclic esters (lactones) is 3. The van der Waals surface area contributed by atoms with Crippen LogP contribution in [0, 0.1) is 45.8 Å². The molecule has 0 radical (unpaired) electrons. The molecular weight excluding hydrogens is 1580 g/mol. The first-order valence-corrected chi connectivity index (χ1v) is 41.9. The number of benzene rings is 3. The van der Waals surface area contributed by atoms with Crippen molar-refractivity contribution in [3.8, 4) is 6.07 Å². The molecular formula is C90H114N16O17. The molecule has 15 bridgehead atoms. The van der Waals surface area contributed by atoms with Gasteiger partial charge < -0.3 is 56.3 Å². The van der Waals surface area contributed by atoms with E-state index >= 15 is 0 Å². The number of pyridine rings is 3. The fraction of sp³-hybridized carbons (Fsp3) is 0.489. The van der Waals surface area contributed by atoms with Crippen molar-refractivity contribution in [2.45, 2.75) is 221 Å². The van der Waals surface area contributed by atoms with E-state index in [4.69, 9.17) is 24.2 Å². The second-order valence-corrected chi connectivity index (χ2v) is 33.9. The lowest BCUT2D eigenvalue weighted by Gasteiger charge is -2.35. The minimum Gasteiger partial charge on any atom is -0.455 e. The zero-order valence-corrected chi connectivity index (χ0v) is 72.2. The monoisotopic (exact) mass is 1690 g/mol. The predicted octanol–water partition coefficient (Wildman–Crippen LogP) is 6.55. The predicted molar refractivity (Wildman–Crippen MR) is 457 cm³/mol. The molecule has 3 aromatic heterocycles. The van der Waals surface area contributed by atoms with Gasteiger partial charge in [-0.3, -0.25) is 72.6 Å². The highest BCUT2D eigenvalue weighted by Crippen LogP contribution is 2.30. The SMILES string of the molecule is CC(C)[C@@H]1NC(=O)C(C)(C#N)/C=C/c2ccc3ccc(nc3c2)[C@@H](C)OC(=O)[C@@H]2CCCN(N2)C(=O)[C@H](C)NC1=O.CC(C)[C@@H]1NC(=O)C(C)(C)/C=C/c2ccc3ccc(nc3c2)[C@@H](C)OC(=O)C2CCCN(N2)C(=O)[C@H](CO)NC1=O.CC(C)[C@@H]1NC(=O)[C@@H]([C@@H](C)O)/C=C/c2ccc3ccc(nc3c2)[C@@H](C)OC(=O)[C@@H]2CCCN(N2)C(=O)[C@H](C)NC1=O. The molecule has 33 heteroatoms. The quantitative estimate of drug-likeness (QED) is 0.0644. The molecule has 11 N–H and O–H groups in total. The minimum atomic E-state index is -1.58. The normalized spacial score (nSPS) is 28.0. The van der Waals surface area contributed by atoms with Gasteiger partial charge in [0.05, 0.1) is 63.7 Å². The molecule has 15 atom stereocenters. The molecule has 6 aliphatic heterocycles. The van der Waals surface area contributed by atoms with Crippen LogP contribution >= 0.6 is 0 Å². The van der Waals surface area contributed by atoms with Crippen LogP contribution in [0.1, 0.15) is 194 Å². The Balaban J connectivity index is 0.000000193. The van der Waals surface area contributed by atoms with Crippen molar-refractivity contribution in [2.75, 3.05) is 26.2 Å². The third-order valence-electron chi connectivity index (χ3n) is 22.4. The highest BCUT2D eigenvalue weighted by Gasteiger charge is 2.42. The van der Waals surface area contributed by atoms with Gasteiger partial charge in [-0.2, -0.15) is 5.26 Å². The Labute approximate surface area is 715 Å². The van der Waals surface area contributed by atoms with Crippen LogP contribution in [-0.4, -0.2) is 198 Å². The van der Waals surface area contributed by atoms with Crippen LogP contribution in [-0.2, 0) is 71.7 Å². The van der Waals surface area contributed by atoms with Gasteiger partial charge in [-0.25, -0.2) is 31.2 Å². The standard InChI is InChI=1S/C30H36N6O5.2C30H39N5O6/c1-17(2)25-26(37)32-18(3)27(38)36-14-6-7-23(35-36)28(39)41-19(4)22-11-10-21-9-8-20(15-24(21)33-22)12-13-30(5,16-31)29(40)34-25;1-16(2)26-28(38)31-17(3)29(39)35-14-6-7-24(34-35)30(40)41-19(5)23-13-11-21-10-8-20(15-25(21)32-23)9-12-22(18(4)36)27(37)33-26;1-17(2)25-26(37)32-24(16-36)27(38)35-14-6-7-22(34-35)28(39)41-18(3)21-11-10-20-9-8-19(15-23(20)31-21)12-13-30(4,5)29(40)33-25/h8-13,15,17-19,23,25,35H,6-7,14H2,1-5H3,(H,32,37)(H,34,40);8-13,15-19,22,24,26,34,36H,6-7,14H2,1-5H3,(H,31,38)(H,33,37);8-13,15,17-18,22,24-25,34,36H,6-7,14,16H2,1-5H3,(H,32,37)(H,33,40)/b13-12+;12-9+;13-12+/t18-,19+,23-,25-,30?;17-,18+,19+,22+,24-,26-;18-,22?,24+,25+/m001/s1. The van der Waals surface area contributed by atoms with Crippen LogP contribution in [0.25, 0.3) is 50.9 Å². The lowest BCUT2D eigenvalue weighted by Crippen LogP contribution is -2.62. The number of aromatic nitrogens is 3. The van der Waals surface area contributed by atoms with E-state index in [0.29, 0.717) is 90.8 Å². The third kappa shape index (κ3) is 23.4. The second-order valence-electron chi connectivity index (χ2n) is 33.9. The molecule has 6 aromatic rings. The topological polar surface area (TPSA) is 453 Å². The highest BCUT2D eigenvalue weighted by atomic mass is 16.6. The lowest BCUT2D eigenvalue weighted by atomic mass is 9.89. The van der Waals surface area contributed by atoms with Gasteiger partial charge in [0, 0.05) is 35.8 Å². The second kappa shape index (κ2) is 40.8. The van der Waals surface area contributed by atoms with Gasteiger partial charge in [0.1, 0.15) is 72.7 Å². The molecule has 3 aromatic carbocycles. The number of ether oxygens (including phenoxy) is 3. The highest BCUT2D eigenvalue weighted by molar-refractivity contribution is 5.98. The van der Waals surface area contributed by atoms with E-state index in [-0.39, 0.29) is 30.2 Å². The minimum absolute atomic E-state index is 0.282. The average Bonchev–Trinajstić information content (AvgIpc) is 1.65. The van der Waals surface area contributed by atoms with E-state index in [2.05, 4.69) is 53.2 Å². The van der Waals surface area contributed by atoms with E-state index in [0.717, 1.165) is 27.3 Å². The smallest absolute Gasteiger partial charge is 0.325 e. The van der Waals surface area contributed by atoms with E-state index in [1.807, 2.05) is 91.0 Å². The number of nitrogens with zero attached hydrogens (tertiary/aromatic N) is 7. The molecule has 0 saturated carbocycles. The molecule has 12 rings (SSSR count). The molecule has 3 fully saturated rings. The number of esters is 3. The van der Waals surface area contributed by atoms with Gasteiger partial charge in [0.25, 0.3) is 17.7 Å². The molecule has 656 valence electrons. The van der Waals surface area contributed by atoms with Crippen molar-refractivity contribution >= 4 is 122 Å². The molecule has 2 unspecified atom stereocenters. The molecule has 0 aliphatic carbocycles. The fourth-order valence-corrected chi connectivity index (χ4v) is 14.5. The number of carbonyl (C=O) groups excluding carboxylic acids is 12. The maximum atomic E-state index is 13.3. The van der Waals surface area contributed by atoms with Crippen molar-refractivity contribution < 1.29 is 82.0 Å². The van der Waals surface area contributed by atoms with Crippen molar-refractivity contribution in [3.05, 3.63) is 143 Å². The Bertz CT molecular complexity index is 5120. The summed E-state index contributed by atoms with van der Waals surface area (Å²) in [5.41, 5.74) is 12.3. The Morgan fingerprint density at radius 2 is 0.805 bits per heavy atom. The van der Waals surface area contributed by atoms with Crippen molar-refractivity contribution in [1.29, 1.82) is 5.26 Å². The van der Waals surface area contributed by atoms with Gasteiger partial charge in [-0.05, 0) is 172 Å². The van der Waals surface area contributed by atoms with Gasteiger partial charge in [0.15, 0.2) is 5.41 Å². The van der Waals surface area contributed by atoms with Crippen LogP contribution in [0.15, 0.2) is 109 Å². The van der Waals surface area contributed by atoms with Crippen LogP contribution in [0.5, 0.6) is 0 Å². The van der Waals surface area contributed by atoms with Gasteiger partial charge in [-0.1, -0.05) is 133 Å². The molecule has 0 spiro atoms. The molecule has 3 saturated heterocycles. The maximum absolute atomic E-state index is 13.3. The number of hydrazine groups is 3. The number of fused-ring (bicyclic) bond motifs is 12. The van der Waals surface area contributed by atoms with Crippen LogP contribution < -0.4 is 48.2 Å². The van der Waals surface area contributed by atoms with Crippen molar-refractivity contribution in [3.63, 3.8) is 0 Å². The average molecular weight is 1690 g/mol. The van der Waals surface area contributed by atoms with Crippen LogP contribution in [0.4, 0.5) is 0 Å². The Kier molecular flexibility index (Phi) is 31.0. The van der Waals surface area contributed by atoms with Crippen molar-refractivity contribution in [2.24, 2.45) is 34.5 Å². The Morgan fingerprint density at radius 1 is 0.455 bits per heavy atom. The lowest BCUT2D eigenvalue weighted by molar-refractivity contribution is -0.158. The summed E-state index contributed by atoms with van der Waals surface area (Å²) in [6, 6.07) is 21.8. The van der Waals surface area contributed by atoms with Gasteiger partial charge in [-0.15, -0.1) is 0 Å². The first-order valence-electron chi connectivity index (χ1n) is 41.9. The van der Waals surface area contributed by atoms with E-state index in [9.17, 15) is 73.0 Å². The summed E-state index contributed by atoms with van der Waals surface area (Å²) in [7, 11) is 0. The molecule has 9 amide bonds. The number of amides is 9. The maximum Gasteiger partial charge on any atom is 0.325 e. The number of carbonyl (C=O) groups is 12. The summed E-state index contributed by atoms with van der Waals surface area (Å²) in [6.45, 7) is 25.8. The summed E-state index contributed by atoms with van der Waals surface area (Å²) in [4.78, 5) is 172. The number of nitriles is 1. The van der Waals surface area contributed by atoms with E-state index in [1.165, 1.54) is 35.0 Å². The van der Waals surface area contributed by atoms with Crippen molar-refractivity contribution in [1.82, 2.24) is 78.2 Å². The number of hydrogen-bond donors (Lipinski definition) is 11. The van der Waals surface area contributed by atoms with E-state index in [1.54, 1.807) is 126 Å². The summed E-state index contributed by atoms with van der Waals surface area (Å²) in [5, 5.41) is 53.1. The third-order valence-corrected chi connectivity index (χ3v) is 22.4. The van der Waals surface area contributed by atoms with E-state index < -0.39 is 167 Å². The zero-order chi connectivity index (χ0) is 89.6. The molecule has 123 heavy (non-hydrogen) atoms. The summed E-state index contributed by atoms with van der Waals surface area (Å²) >= 11 is 0. The molecule has 33 nitrogen and oxygen atoms in total. The Morgan fingerprint density at radius 3 is 1.18 bits per heavy atom. The number of aliphatic hydroxyl groups excluding tert-OH is 2. The Hall–Kier alpha value is -12.0. The molecule has 9 heterocycles. The first-order chi connectivity index (χ1) is 58.2. The number of nitrogens with one attached hydrogen (secondary N) is 9. The first kappa shape index (κ1) is 93.3. The summed E-state index contributed by atoms with van der Waals surface area (Å²) in [6.07, 6.45) is 10.2. The van der Waals surface area contributed by atoms with Gasteiger partial charge >= 0.3 is 17.9 Å². The van der Waals surface area contributed by atoms with Gasteiger partial charge in [0.2, 0.25) is 35.4 Å². The number of hydrogen-bond acceptors (Lipinski definition) is 24. The molecule has 6 aliphatic rings. The zero-order valence-electron chi connectivity index (χ0n) is 72.2. The summed E-state index contributed by atoms with van der Waals surface area (Å²) in [5.74, 6) is -8.02. The fourth-order valence-electron chi connectivity index (χ4n) is 14.5. The van der Waals surface area contributed by atoms with Crippen LogP contribution in [0.3, 0.4) is 0 Å². The largest absolute Gasteiger partial charge is 0.455 e. The number of rotatable bonds is 5. The van der Waals surface area contributed by atoms with Crippen LogP contribution in [0.2, 0.25) is 0 Å². The summed E-state index contributed by atoms with van der Waals surface area (Å²) < 4.78 is 17.2. The number of aliphatic hydroxyl groups is 2.